The number of pyridine rings is 1. The van der Waals surface area contributed by atoms with Crippen molar-refractivity contribution in [3.8, 4) is 0 Å². The van der Waals surface area contributed by atoms with E-state index in [1.165, 1.54) is 30.2 Å². The first-order chi connectivity index (χ1) is 7.90. The van der Waals surface area contributed by atoms with E-state index >= 15 is 0 Å². The maximum atomic E-state index is 5.65. The summed E-state index contributed by atoms with van der Waals surface area (Å²) in [4.78, 5) is 4.51. The van der Waals surface area contributed by atoms with Gasteiger partial charge in [-0.25, -0.2) is 4.98 Å². The van der Waals surface area contributed by atoms with E-state index in [2.05, 4.69) is 21.8 Å². The van der Waals surface area contributed by atoms with Gasteiger partial charge in [0, 0.05) is 23.8 Å². The molecule has 1 saturated carbocycles. The highest BCUT2D eigenvalue weighted by atomic mass is 15.1. The Hall–Kier alpha value is -1.35. The van der Waals surface area contributed by atoms with Crippen LogP contribution in [-0.4, -0.2) is 16.1 Å². The molecular formula is C13H17N3. The Morgan fingerprint density at radius 1 is 1.44 bits per heavy atom. The van der Waals surface area contributed by atoms with Crippen molar-refractivity contribution in [1.82, 2.24) is 9.55 Å². The Morgan fingerprint density at radius 2 is 2.31 bits per heavy atom. The average Bonchev–Trinajstić information content (AvgIpc) is 2.57. The van der Waals surface area contributed by atoms with Gasteiger partial charge in [0.25, 0.3) is 0 Å². The summed E-state index contributed by atoms with van der Waals surface area (Å²) in [6.07, 6.45) is 9.02. The number of fused-ring (bicyclic) bond motifs is 1. The van der Waals surface area contributed by atoms with Gasteiger partial charge in [0.2, 0.25) is 0 Å². The van der Waals surface area contributed by atoms with Gasteiger partial charge in [-0.15, -0.1) is 0 Å². The monoisotopic (exact) mass is 215 g/mol. The summed E-state index contributed by atoms with van der Waals surface area (Å²) in [6, 6.07) is 4.83. The number of nitrogens with zero attached hydrogens (tertiary/aromatic N) is 2. The minimum Gasteiger partial charge on any atom is -0.330 e. The molecule has 0 bridgehead atoms. The fourth-order valence-electron chi connectivity index (χ4n) is 2.45. The van der Waals surface area contributed by atoms with Crippen molar-refractivity contribution in [2.75, 3.05) is 6.54 Å². The zero-order valence-corrected chi connectivity index (χ0v) is 9.39. The van der Waals surface area contributed by atoms with Crippen molar-refractivity contribution >= 4 is 11.0 Å². The Morgan fingerprint density at radius 3 is 3.00 bits per heavy atom. The molecule has 0 spiro atoms. The van der Waals surface area contributed by atoms with Gasteiger partial charge in [-0.1, -0.05) is 0 Å². The van der Waals surface area contributed by atoms with Crippen molar-refractivity contribution in [3.63, 3.8) is 0 Å². The van der Waals surface area contributed by atoms with Crippen LogP contribution in [-0.2, 0) is 6.42 Å². The van der Waals surface area contributed by atoms with Crippen LogP contribution >= 0.6 is 0 Å². The van der Waals surface area contributed by atoms with E-state index in [4.69, 9.17) is 5.73 Å². The molecule has 0 aromatic carbocycles. The zero-order valence-electron chi connectivity index (χ0n) is 9.39. The van der Waals surface area contributed by atoms with Gasteiger partial charge < -0.3 is 10.3 Å². The second-order valence-corrected chi connectivity index (χ2v) is 4.56. The molecule has 0 amide bonds. The molecule has 1 fully saturated rings. The molecule has 2 aromatic rings. The van der Waals surface area contributed by atoms with Gasteiger partial charge in [-0.2, -0.15) is 0 Å². The van der Waals surface area contributed by atoms with Gasteiger partial charge >= 0.3 is 0 Å². The third kappa shape index (κ3) is 1.43. The maximum Gasteiger partial charge on any atom is 0.140 e. The highest BCUT2D eigenvalue weighted by Gasteiger charge is 2.22. The van der Waals surface area contributed by atoms with Crippen LogP contribution in [0.5, 0.6) is 0 Å². The topological polar surface area (TPSA) is 43.8 Å². The van der Waals surface area contributed by atoms with Crippen LogP contribution < -0.4 is 5.73 Å². The fraction of sp³-hybridized carbons (Fsp3) is 0.462. The van der Waals surface area contributed by atoms with Gasteiger partial charge in [0.15, 0.2) is 0 Å². The molecule has 1 aliphatic carbocycles. The van der Waals surface area contributed by atoms with Crippen LogP contribution in [0.15, 0.2) is 24.5 Å². The quantitative estimate of drug-likeness (QED) is 0.853. The smallest absolute Gasteiger partial charge is 0.140 e. The van der Waals surface area contributed by atoms with E-state index in [1.807, 2.05) is 12.3 Å². The number of hydrogen-bond donors (Lipinski definition) is 1. The molecule has 1 aliphatic rings. The fourth-order valence-corrected chi connectivity index (χ4v) is 2.45. The molecule has 0 saturated heterocycles. The first-order valence-electron chi connectivity index (χ1n) is 6.04. The van der Waals surface area contributed by atoms with Crippen molar-refractivity contribution < 1.29 is 0 Å². The van der Waals surface area contributed by atoms with Crippen LogP contribution in [0.25, 0.3) is 11.0 Å². The number of nitrogens with two attached hydrogens (primary N) is 1. The van der Waals surface area contributed by atoms with E-state index < -0.39 is 0 Å². The molecule has 16 heavy (non-hydrogen) atoms. The van der Waals surface area contributed by atoms with Crippen LogP contribution in [0.2, 0.25) is 0 Å². The average molecular weight is 215 g/mol. The molecule has 0 atom stereocenters. The summed E-state index contributed by atoms with van der Waals surface area (Å²) in [5.41, 5.74) is 8.13. The van der Waals surface area contributed by atoms with E-state index in [1.54, 1.807) is 0 Å². The Balaban J connectivity index is 2.12. The first kappa shape index (κ1) is 9.85. The van der Waals surface area contributed by atoms with E-state index in [0.29, 0.717) is 12.6 Å². The third-order valence-corrected chi connectivity index (χ3v) is 3.55. The summed E-state index contributed by atoms with van der Waals surface area (Å²) < 4.78 is 2.35. The summed E-state index contributed by atoms with van der Waals surface area (Å²) in [7, 11) is 0. The lowest BCUT2D eigenvalue weighted by molar-refractivity contribution is 0.320. The van der Waals surface area contributed by atoms with Crippen LogP contribution in [0, 0.1) is 0 Å². The van der Waals surface area contributed by atoms with Gasteiger partial charge in [-0.3, -0.25) is 0 Å². The molecule has 0 aliphatic heterocycles. The lowest BCUT2D eigenvalue weighted by Crippen LogP contribution is -2.16. The van der Waals surface area contributed by atoms with Crippen molar-refractivity contribution in [3.05, 3.63) is 30.1 Å². The molecule has 2 N–H and O–H groups in total. The maximum absolute atomic E-state index is 5.65. The summed E-state index contributed by atoms with van der Waals surface area (Å²) in [5.74, 6) is 0. The highest BCUT2D eigenvalue weighted by Crippen LogP contribution is 2.35. The summed E-state index contributed by atoms with van der Waals surface area (Å²) in [6.45, 7) is 0.707. The Labute approximate surface area is 95.3 Å². The number of hydrogen-bond acceptors (Lipinski definition) is 2. The van der Waals surface area contributed by atoms with Crippen LogP contribution in [0.4, 0.5) is 0 Å². The first-order valence-corrected chi connectivity index (χ1v) is 6.04. The van der Waals surface area contributed by atoms with Gasteiger partial charge in [-0.05, 0) is 49.9 Å². The second-order valence-electron chi connectivity index (χ2n) is 4.56. The lowest BCUT2D eigenvalue weighted by Gasteiger charge is -2.27. The lowest BCUT2D eigenvalue weighted by atomic mass is 9.93. The van der Waals surface area contributed by atoms with Gasteiger partial charge in [0.1, 0.15) is 5.65 Å². The van der Waals surface area contributed by atoms with E-state index in [-0.39, 0.29) is 0 Å². The molecule has 3 rings (SSSR count). The predicted octanol–water partition coefficient (Wildman–Crippen LogP) is 2.26. The molecular weight excluding hydrogens is 198 g/mol. The van der Waals surface area contributed by atoms with Crippen LogP contribution in [0.1, 0.15) is 30.9 Å². The number of rotatable bonds is 3. The Bertz CT molecular complexity index is 497. The van der Waals surface area contributed by atoms with Crippen molar-refractivity contribution in [2.24, 2.45) is 5.73 Å². The van der Waals surface area contributed by atoms with Crippen molar-refractivity contribution in [2.45, 2.75) is 31.7 Å². The summed E-state index contributed by atoms with van der Waals surface area (Å²) >= 11 is 0. The second kappa shape index (κ2) is 3.91. The molecule has 3 nitrogen and oxygen atoms in total. The van der Waals surface area contributed by atoms with Gasteiger partial charge in [0.05, 0.1) is 0 Å². The summed E-state index contributed by atoms with van der Waals surface area (Å²) in [5, 5.41) is 1.28. The SMILES string of the molecule is NCCc1cn(C2CCC2)c2ncccc12. The third-order valence-electron chi connectivity index (χ3n) is 3.55. The van der Waals surface area contributed by atoms with E-state index in [0.717, 1.165) is 12.1 Å². The van der Waals surface area contributed by atoms with Crippen LogP contribution in [0.3, 0.4) is 0 Å². The molecule has 2 heterocycles. The molecule has 84 valence electrons. The number of aromatic nitrogens is 2. The molecule has 0 unspecified atom stereocenters. The minimum atomic E-state index is 0.670. The standard InChI is InChI=1S/C13H17N3/c14-7-6-10-9-16(11-3-1-4-11)13-12(10)5-2-8-15-13/h2,5,8-9,11H,1,3-4,6-7,14H2. The van der Waals surface area contributed by atoms with E-state index in [9.17, 15) is 0 Å². The predicted molar refractivity (Wildman–Crippen MR) is 65.4 cm³/mol. The molecule has 2 aromatic heterocycles. The minimum absolute atomic E-state index is 0.670. The molecule has 3 heteroatoms. The Kier molecular flexibility index (Phi) is 2.40. The largest absolute Gasteiger partial charge is 0.330 e. The highest BCUT2D eigenvalue weighted by molar-refractivity contribution is 5.80. The zero-order chi connectivity index (χ0) is 11.0. The normalized spacial score (nSPS) is 16.6. The van der Waals surface area contributed by atoms with Crippen molar-refractivity contribution in [1.29, 1.82) is 0 Å². The molecule has 0 radical (unpaired) electrons.